The number of rotatable bonds is 73. The van der Waals surface area contributed by atoms with E-state index in [0.29, 0.717) is 25.7 Å². The second-order valence-electron chi connectivity index (χ2n) is 26.6. The number of hydrogen-bond donors (Lipinski definition) is 3. The lowest BCUT2D eigenvalue weighted by Crippen LogP contribution is -2.30. The minimum atomic E-state index is -4.95. The topological polar surface area (TPSA) is 237 Å². The summed E-state index contributed by atoms with van der Waals surface area (Å²) in [4.78, 5) is 72.7. The molecule has 3 unspecified atom stereocenters. The SMILES string of the molecule is CCCCCCCCCCCCCCCCCCCC(=O)O[C@H](COC(=O)CCCCCCCCCCCCCCCC)COP(=O)(O)OC[C@@H](O)COP(=O)(O)OC[C@@H](COC(=O)CCCCCCCCC(C)CC)OC(=O)CCCCCCCCCCCCC. The van der Waals surface area contributed by atoms with Crippen LogP contribution in [-0.2, 0) is 65.4 Å². The standard InChI is InChI=1S/C73H142O17P2/c1-6-10-13-16-19-22-25-27-29-30-31-33-36-39-42-49-54-59-73(78)89-68(62-83-70(75)56-51-46-40-37-35-32-28-26-23-20-17-14-11-7-2)64-87-91(79,80)85-60-67(74)61-86-92(81,82)88-65-69(63-84-71(76)57-52-47-44-43-45-50-55-66(5)9-4)90-72(77)58-53-48-41-38-34-24-21-18-15-12-8-3/h66-69,74H,6-65H2,1-5H3,(H,79,80)(H,81,82)/t66?,67-,68-,69-/m1/s1. The van der Waals surface area contributed by atoms with Crippen molar-refractivity contribution in [2.45, 2.75) is 400 Å². The zero-order valence-electron chi connectivity index (χ0n) is 59.7. The van der Waals surface area contributed by atoms with E-state index < -0.39 is 97.5 Å². The number of unbranched alkanes of at least 4 members (excludes halogenated alkanes) is 44. The van der Waals surface area contributed by atoms with Crippen molar-refractivity contribution in [3.05, 3.63) is 0 Å². The lowest BCUT2D eigenvalue weighted by molar-refractivity contribution is -0.161. The van der Waals surface area contributed by atoms with Crippen molar-refractivity contribution in [2.24, 2.45) is 5.92 Å². The Balaban J connectivity index is 5.24. The van der Waals surface area contributed by atoms with Gasteiger partial charge in [0.1, 0.15) is 19.3 Å². The Morgan fingerprint density at radius 1 is 0.304 bits per heavy atom. The Morgan fingerprint density at radius 2 is 0.522 bits per heavy atom. The van der Waals surface area contributed by atoms with Gasteiger partial charge in [0.25, 0.3) is 0 Å². The molecule has 17 nitrogen and oxygen atoms in total. The molecule has 0 aromatic heterocycles. The number of hydrogen-bond acceptors (Lipinski definition) is 15. The van der Waals surface area contributed by atoms with Crippen LogP contribution in [0.15, 0.2) is 0 Å². The monoisotopic (exact) mass is 1350 g/mol. The van der Waals surface area contributed by atoms with Gasteiger partial charge in [0.05, 0.1) is 26.4 Å². The fourth-order valence-corrected chi connectivity index (χ4v) is 12.7. The van der Waals surface area contributed by atoms with Crippen molar-refractivity contribution < 1.29 is 80.2 Å². The molecule has 0 saturated carbocycles. The van der Waals surface area contributed by atoms with Crippen molar-refractivity contribution in [1.29, 1.82) is 0 Å². The van der Waals surface area contributed by atoms with Crippen molar-refractivity contribution in [1.82, 2.24) is 0 Å². The van der Waals surface area contributed by atoms with Gasteiger partial charge < -0.3 is 33.8 Å². The zero-order chi connectivity index (χ0) is 67.7. The summed E-state index contributed by atoms with van der Waals surface area (Å²) >= 11 is 0. The van der Waals surface area contributed by atoms with Gasteiger partial charge >= 0.3 is 39.5 Å². The normalized spacial score (nSPS) is 14.3. The van der Waals surface area contributed by atoms with Gasteiger partial charge in [-0.2, -0.15) is 0 Å². The number of carbonyl (C=O) groups is 4. The first-order chi connectivity index (χ1) is 44.6. The average molecular weight is 1350 g/mol. The quantitative estimate of drug-likeness (QED) is 0.0222. The van der Waals surface area contributed by atoms with Crippen LogP contribution in [0.2, 0.25) is 0 Å². The van der Waals surface area contributed by atoms with Crippen LogP contribution >= 0.6 is 15.6 Å². The molecule has 6 atom stereocenters. The molecule has 19 heteroatoms. The lowest BCUT2D eigenvalue weighted by atomic mass is 10.00. The third-order valence-corrected chi connectivity index (χ3v) is 19.3. The number of carbonyl (C=O) groups excluding carboxylic acids is 4. The maximum Gasteiger partial charge on any atom is 0.472 e. The maximum atomic E-state index is 13.1. The maximum absolute atomic E-state index is 13.1. The number of phosphoric ester groups is 2. The molecule has 0 bridgehead atoms. The van der Waals surface area contributed by atoms with Gasteiger partial charge in [0, 0.05) is 25.7 Å². The Hall–Kier alpha value is -1.94. The highest BCUT2D eigenvalue weighted by Gasteiger charge is 2.30. The summed E-state index contributed by atoms with van der Waals surface area (Å²) in [5.41, 5.74) is 0. The number of ether oxygens (including phenoxy) is 4. The van der Waals surface area contributed by atoms with Crippen molar-refractivity contribution in [3.63, 3.8) is 0 Å². The molecule has 0 spiro atoms. The molecule has 0 amide bonds. The predicted molar refractivity (Wildman–Crippen MR) is 372 cm³/mol. The summed E-state index contributed by atoms with van der Waals surface area (Å²) in [5.74, 6) is -1.39. The Morgan fingerprint density at radius 3 is 0.772 bits per heavy atom. The minimum Gasteiger partial charge on any atom is -0.462 e. The molecule has 0 fully saturated rings. The number of esters is 4. The van der Waals surface area contributed by atoms with Crippen molar-refractivity contribution in [3.8, 4) is 0 Å². The minimum absolute atomic E-state index is 0.106. The lowest BCUT2D eigenvalue weighted by Gasteiger charge is -2.21. The van der Waals surface area contributed by atoms with Gasteiger partial charge in [-0.1, -0.05) is 330 Å². The first kappa shape index (κ1) is 90.1. The molecule has 0 radical (unpaired) electrons. The van der Waals surface area contributed by atoms with Crippen molar-refractivity contribution in [2.75, 3.05) is 39.6 Å². The van der Waals surface area contributed by atoms with Gasteiger partial charge in [-0.3, -0.25) is 37.3 Å². The Labute approximate surface area is 562 Å². The molecule has 546 valence electrons. The number of phosphoric acid groups is 2. The summed E-state index contributed by atoms with van der Waals surface area (Å²) in [6, 6.07) is 0. The molecular weight excluding hydrogens is 1210 g/mol. The van der Waals surface area contributed by atoms with E-state index in [1.54, 1.807) is 0 Å². The largest absolute Gasteiger partial charge is 0.472 e. The highest BCUT2D eigenvalue weighted by atomic mass is 31.2. The smallest absolute Gasteiger partial charge is 0.462 e. The Bertz CT molecular complexity index is 1770. The first-order valence-electron chi connectivity index (χ1n) is 38.2. The molecule has 0 heterocycles. The van der Waals surface area contributed by atoms with Crippen LogP contribution in [0.3, 0.4) is 0 Å². The van der Waals surface area contributed by atoms with Crippen LogP contribution in [0.25, 0.3) is 0 Å². The van der Waals surface area contributed by atoms with E-state index in [0.717, 1.165) is 102 Å². The number of aliphatic hydroxyl groups excluding tert-OH is 1. The molecule has 0 aliphatic rings. The van der Waals surface area contributed by atoms with E-state index in [-0.39, 0.29) is 25.7 Å². The van der Waals surface area contributed by atoms with E-state index in [2.05, 4.69) is 34.6 Å². The van der Waals surface area contributed by atoms with E-state index in [1.807, 2.05) is 0 Å². The summed E-state index contributed by atoms with van der Waals surface area (Å²) < 4.78 is 68.4. The molecule has 0 aromatic carbocycles. The summed E-state index contributed by atoms with van der Waals surface area (Å²) in [7, 11) is -9.90. The van der Waals surface area contributed by atoms with Crippen LogP contribution in [0.1, 0.15) is 381 Å². The second kappa shape index (κ2) is 66.3. The van der Waals surface area contributed by atoms with Gasteiger partial charge in [-0.05, 0) is 31.6 Å². The van der Waals surface area contributed by atoms with Crippen LogP contribution < -0.4 is 0 Å². The molecule has 0 aliphatic carbocycles. The molecule has 0 saturated heterocycles. The van der Waals surface area contributed by atoms with Gasteiger partial charge in [-0.25, -0.2) is 9.13 Å². The summed E-state index contributed by atoms with van der Waals surface area (Å²) in [5, 5.41) is 10.6. The van der Waals surface area contributed by atoms with Gasteiger partial charge in [0.15, 0.2) is 12.2 Å². The van der Waals surface area contributed by atoms with E-state index in [1.165, 1.54) is 199 Å². The third kappa shape index (κ3) is 65.4. The predicted octanol–water partition coefficient (Wildman–Crippen LogP) is 21.3. The zero-order valence-corrected chi connectivity index (χ0v) is 61.5. The molecule has 3 N–H and O–H groups in total. The number of aliphatic hydroxyl groups is 1. The molecular formula is C73H142O17P2. The first-order valence-corrected chi connectivity index (χ1v) is 41.2. The van der Waals surface area contributed by atoms with Crippen LogP contribution in [0.4, 0.5) is 0 Å². The van der Waals surface area contributed by atoms with Crippen LogP contribution in [0.5, 0.6) is 0 Å². The van der Waals surface area contributed by atoms with Gasteiger partial charge in [0.2, 0.25) is 0 Å². The average Bonchev–Trinajstić information content (AvgIpc) is 1.83. The van der Waals surface area contributed by atoms with E-state index in [9.17, 15) is 43.2 Å². The molecule has 92 heavy (non-hydrogen) atoms. The molecule has 0 rings (SSSR count). The summed E-state index contributed by atoms with van der Waals surface area (Å²) in [6.45, 7) is 7.23. The fraction of sp³-hybridized carbons (Fsp3) is 0.945. The fourth-order valence-electron chi connectivity index (χ4n) is 11.1. The van der Waals surface area contributed by atoms with Crippen molar-refractivity contribution >= 4 is 39.5 Å². The highest BCUT2D eigenvalue weighted by molar-refractivity contribution is 7.47. The third-order valence-electron chi connectivity index (χ3n) is 17.4. The highest BCUT2D eigenvalue weighted by Crippen LogP contribution is 2.45. The second-order valence-corrected chi connectivity index (χ2v) is 29.5. The Kier molecular flexibility index (Phi) is 64.9. The van der Waals surface area contributed by atoms with E-state index in [4.69, 9.17) is 37.0 Å². The van der Waals surface area contributed by atoms with Crippen LogP contribution in [0, 0.1) is 5.92 Å². The molecule has 0 aliphatic heterocycles. The summed E-state index contributed by atoms with van der Waals surface area (Å²) in [6.07, 6.45) is 54.0. The van der Waals surface area contributed by atoms with E-state index >= 15 is 0 Å². The van der Waals surface area contributed by atoms with Crippen LogP contribution in [-0.4, -0.2) is 96.7 Å². The van der Waals surface area contributed by atoms with Gasteiger partial charge in [-0.15, -0.1) is 0 Å². The molecule has 0 aromatic rings.